The zero-order valence-electron chi connectivity index (χ0n) is 10.8. The van der Waals surface area contributed by atoms with Crippen LogP contribution >= 0.6 is 11.3 Å². The fourth-order valence-electron chi connectivity index (χ4n) is 1.96. The number of hydrogen-bond donors (Lipinski definition) is 1. The Bertz CT molecular complexity index is 495. The van der Waals surface area contributed by atoms with Crippen molar-refractivity contribution in [2.75, 3.05) is 13.7 Å². The van der Waals surface area contributed by atoms with Crippen molar-refractivity contribution in [1.29, 1.82) is 0 Å². The molecule has 2 aromatic rings. The molecule has 1 aromatic heterocycles. The number of methoxy groups -OCH3 is 1. The van der Waals surface area contributed by atoms with Crippen LogP contribution in [-0.4, -0.2) is 18.6 Å². The average Bonchev–Trinajstić information content (AvgIpc) is 2.80. The number of aryl methyl sites for hydroxylation is 1. The smallest absolute Gasteiger partial charge is 0.120 e. The number of unbranched alkanes of at least 4 members (excludes halogenated alkanes) is 3. The molecule has 0 unspecified atom stereocenters. The summed E-state index contributed by atoms with van der Waals surface area (Å²) in [6, 6.07) is 6.06. The monoisotopic (exact) mass is 264 g/mol. The third-order valence-corrected chi connectivity index (χ3v) is 4.06. The molecule has 0 bridgehead atoms. The Morgan fingerprint density at radius 3 is 2.83 bits per heavy atom. The van der Waals surface area contributed by atoms with Crippen molar-refractivity contribution < 1.29 is 4.74 Å². The van der Waals surface area contributed by atoms with Crippen LogP contribution in [0.15, 0.2) is 18.2 Å². The minimum Gasteiger partial charge on any atom is -0.497 e. The van der Waals surface area contributed by atoms with Crippen molar-refractivity contribution >= 4 is 21.6 Å². The molecule has 0 aliphatic heterocycles. The first-order valence-corrected chi connectivity index (χ1v) is 7.28. The number of ether oxygens (including phenoxy) is 1. The van der Waals surface area contributed by atoms with Gasteiger partial charge in [0.05, 0.1) is 22.3 Å². The molecule has 0 saturated carbocycles. The van der Waals surface area contributed by atoms with Crippen molar-refractivity contribution in [1.82, 2.24) is 4.98 Å². The highest BCUT2D eigenvalue weighted by molar-refractivity contribution is 7.18. The second-order valence-electron chi connectivity index (χ2n) is 4.39. The van der Waals surface area contributed by atoms with E-state index >= 15 is 0 Å². The minimum atomic E-state index is 0.806. The Morgan fingerprint density at radius 1 is 1.22 bits per heavy atom. The lowest BCUT2D eigenvalue weighted by Gasteiger charge is -1.97. The van der Waals surface area contributed by atoms with Gasteiger partial charge in [0.15, 0.2) is 0 Å². The van der Waals surface area contributed by atoms with Gasteiger partial charge in [-0.3, -0.25) is 0 Å². The standard InChI is InChI=1S/C14H20N2OS/c1-17-11-7-8-12-13(10-11)18-14(16-12)6-4-2-3-5-9-15/h7-8,10H,2-6,9,15H2,1H3. The summed E-state index contributed by atoms with van der Waals surface area (Å²) in [5.41, 5.74) is 6.56. The van der Waals surface area contributed by atoms with E-state index in [0.717, 1.165) is 30.7 Å². The highest BCUT2D eigenvalue weighted by atomic mass is 32.1. The first-order chi connectivity index (χ1) is 8.83. The molecule has 0 aliphatic rings. The predicted octanol–water partition coefficient (Wildman–Crippen LogP) is 3.37. The number of rotatable bonds is 7. The van der Waals surface area contributed by atoms with Crippen molar-refractivity contribution in [3.8, 4) is 5.75 Å². The van der Waals surface area contributed by atoms with Gasteiger partial charge in [0.1, 0.15) is 5.75 Å². The zero-order valence-corrected chi connectivity index (χ0v) is 11.6. The highest BCUT2D eigenvalue weighted by Gasteiger charge is 2.04. The van der Waals surface area contributed by atoms with Crippen LogP contribution in [0, 0.1) is 0 Å². The van der Waals surface area contributed by atoms with Crippen LogP contribution in [0.5, 0.6) is 5.75 Å². The lowest BCUT2D eigenvalue weighted by atomic mass is 10.1. The first kappa shape index (κ1) is 13.3. The van der Waals surface area contributed by atoms with Crippen LogP contribution in [0.2, 0.25) is 0 Å². The summed E-state index contributed by atoms with van der Waals surface area (Å²) in [5, 5.41) is 1.23. The summed E-state index contributed by atoms with van der Waals surface area (Å²) in [6.07, 6.45) is 5.89. The molecule has 2 rings (SSSR count). The van der Waals surface area contributed by atoms with E-state index < -0.39 is 0 Å². The maximum Gasteiger partial charge on any atom is 0.120 e. The van der Waals surface area contributed by atoms with E-state index in [0.29, 0.717) is 0 Å². The normalized spacial score (nSPS) is 11.0. The number of aromatic nitrogens is 1. The number of nitrogens with two attached hydrogens (primary N) is 1. The maximum absolute atomic E-state index is 5.48. The van der Waals surface area contributed by atoms with Crippen LogP contribution in [-0.2, 0) is 6.42 Å². The topological polar surface area (TPSA) is 48.1 Å². The molecule has 0 amide bonds. The van der Waals surface area contributed by atoms with E-state index in [4.69, 9.17) is 10.5 Å². The van der Waals surface area contributed by atoms with Gasteiger partial charge < -0.3 is 10.5 Å². The summed E-state index contributed by atoms with van der Waals surface area (Å²) in [6.45, 7) is 0.806. The largest absolute Gasteiger partial charge is 0.497 e. The van der Waals surface area contributed by atoms with E-state index in [9.17, 15) is 0 Å². The van der Waals surface area contributed by atoms with E-state index in [1.165, 1.54) is 29.0 Å². The molecule has 0 aliphatic carbocycles. The van der Waals surface area contributed by atoms with Gasteiger partial charge in [0.2, 0.25) is 0 Å². The lowest BCUT2D eigenvalue weighted by Crippen LogP contribution is -1.97. The van der Waals surface area contributed by atoms with Gasteiger partial charge in [0, 0.05) is 0 Å². The molecular weight excluding hydrogens is 244 g/mol. The van der Waals surface area contributed by atoms with Crippen LogP contribution in [0.1, 0.15) is 30.7 Å². The summed E-state index contributed by atoms with van der Waals surface area (Å²) in [5.74, 6) is 0.903. The third kappa shape index (κ3) is 3.43. The molecule has 0 spiro atoms. The fraction of sp³-hybridized carbons (Fsp3) is 0.500. The average molecular weight is 264 g/mol. The number of thiazole rings is 1. The molecule has 0 radical (unpaired) electrons. The van der Waals surface area contributed by atoms with Crippen LogP contribution < -0.4 is 10.5 Å². The molecule has 1 aromatic carbocycles. The van der Waals surface area contributed by atoms with Gasteiger partial charge in [-0.2, -0.15) is 0 Å². The van der Waals surface area contributed by atoms with Crippen molar-refractivity contribution in [2.24, 2.45) is 5.73 Å². The predicted molar refractivity (Wildman–Crippen MR) is 77.4 cm³/mol. The Balaban J connectivity index is 1.93. The molecule has 98 valence electrons. The molecule has 0 atom stereocenters. The number of nitrogens with zero attached hydrogens (tertiary/aromatic N) is 1. The SMILES string of the molecule is COc1ccc2nc(CCCCCCN)sc2c1. The van der Waals surface area contributed by atoms with E-state index in [1.807, 2.05) is 12.1 Å². The number of benzene rings is 1. The second-order valence-corrected chi connectivity index (χ2v) is 5.51. The number of hydrogen-bond acceptors (Lipinski definition) is 4. The van der Waals surface area contributed by atoms with Crippen molar-refractivity contribution in [3.05, 3.63) is 23.2 Å². The van der Waals surface area contributed by atoms with Gasteiger partial charge in [-0.1, -0.05) is 12.8 Å². The van der Waals surface area contributed by atoms with Crippen LogP contribution in [0.4, 0.5) is 0 Å². The van der Waals surface area contributed by atoms with Crippen molar-refractivity contribution in [2.45, 2.75) is 32.1 Å². The molecule has 2 N–H and O–H groups in total. The van der Waals surface area contributed by atoms with E-state index in [-0.39, 0.29) is 0 Å². The summed E-state index contributed by atoms with van der Waals surface area (Å²) < 4.78 is 6.44. The molecule has 0 fully saturated rings. The Morgan fingerprint density at radius 2 is 2.06 bits per heavy atom. The lowest BCUT2D eigenvalue weighted by molar-refractivity contribution is 0.415. The minimum absolute atomic E-state index is 0.806. The summed E-state index contributed by atoms with van der Waals surface area (Å²) in [7, 11) is 1.69. The van der Waals surface area contributed by atoms with Gasteiger partial charge in [0.25, 0.3) is 0 Å². The molecule has 0 saturated heterocycles. The van der Waals surface area contributed by atoms with Crippen LogP contribution in [0.25, 0.3) is 10.2 Å². The third-order valence-electron chi connectivity index (χ3n) is 2.98. The fourth-order valence-corrected chi connectivity index (χ4v) is 3.00. The van der Waals surface area contributed by atoms with Gasteiger partial charge in [-0.05, 0) is 44.0 Å². The Kier molecular flexibility index (Phi) is 4.96. The zero-order chi connectivity index (χ0) is 12.8. The molecule has 18 heavy (non-hydrogen) atoms. The van der Waals surface area contributed by atoms with E-state index in [2.05, 4.69) is 11.1 Å². The van der Waals surface area contributed by atoms with Gasteiger partial charge >= 0.3 is 0 Å². The molecule has 3 nitrogen and oxygen atoms in total. The first-order valence-electron chi connectivity index (χ1n) is 6.47. The Labute approximate surface area is 112 Å². The van der Waals surface area contributed by atoms with Gasteiger partial charge in [-0.15, -0.1) is 11.3 Å². The second kappa shape index (κ2) is 6.71. The highest BCUT2D eigenvalue weighted by Crippen LogP contribution is 2.27. The maximum atomic E-state index is 5.48. The van der Waals surface area contributed by atoms with Crippen LogP contribution in [0.3, 0.4) is 0 Å². The van der Waals surface area contributed by atoms with E-state index in [1.54, 1.807) is 18.4 Å². The summed E-state index contributed by atoms with van der Waals surface area (Å²) in [4.78, 5) is 4.64. The molecule has 1 heterocycles. The number of fused-ring (bicyclic) bond motifs is 1. The molecular formula is C14H20N2OS. The van der Waals surface area contributed by atoms with Gasteiger partial charge in [-0.25, -0.2) is 4.98 Å². The molecule has 4 heteroatoms. The summed E-state index contributed by atoms with van der Waals surface area (Å²) >= 11 is 1.77. The Hall–Kier alpha value is -1.13. The quantitative estimate of drug-likeness (QED) is 0.780. The van der Waals surface area contributed by atoms with Crippen molar-refractivity contribution in [3.63, 3.8) is 0 Å².